The van der Waals surface area contributed by atoms with Crippen molar-refractivity contribution >= 4 is 11.9 Å². The normalized spacial score (nSPS) is 25.2. The van der Waals surface area contributed by atoms with Gasteiger partial charge in [0.2, 0.25) is 11.9 Å². The minimum Gasteiger partial charge on any atom is -0.378 e. The number of hydrogen-bond donors (Lipinski definition) is 1. The van der Waals surface area contributed by atoms with Gasteiger partial charge in [-0.2, -0.15) is 0 Å². The molecule has 2 saturated heterocycles. The van der Waals surface area contributed by atoms with Gasteiger partial charge in [0, 0.05) is 44.6 Å². The highest BCUT2D eigenvalue weighted by Crippen LogP contribution is 2.18. The van der Waals surface area contributed by atoms with Crippen molar-refractivity contribution in [1.82, 2.24) is 15.3 Å². The molecule has 0 radical (unpaired) electrons. The summed E-state index contributed by atoms with van der Waals surface area (Å²) >= 11 is 0. The van der Waals surface area contributed by atoms with Gasteiger partial charge in [-0.25, -0.2) is 9.97 Å². The van der Waals surface area contributed by atoms with E-state index in [4.69, 9.17) is 4.74 Å². The summed E-state index contributed by atoms with van der Waals surface area (Å²) in [5.74, 6) is 0.886. The fraction of sp³-hybridized carbons (Fsp3) is 0.688. The number of anilines is 1. The predicted octanol–water partition coefficient (Wildman–Crippen LogP) is 1.52. The Kier molecular flexibility index (Phi) is 5.21. The second-order valence-corrected chi connectivity index (χ2v) is 6.08. The number of hydrogen-bond acceptors (Lipinski definition) is 5. The van der Waals surface area contributed by atoms with Crippen LogP contribution in [-0.2, 0) is 9.53 Å². The largest absolute Gasteiger partial charge is 0.378 e. The molecule has 0 spiro atoms. The highest BCUT2D eigenvalue weighted by molar-refractivity contribution is 5.76. The second kappa shape index (κ2) is 7.54. The molecule has 0 saturated carbocycles. The van der Waals surface area contributed by atoms with Crippen LogP contribution in [0.3, 0.4) is 0 Å². The fourth-order valence-electron chi connectivity index (χ4n) is 3.20. The lowest BCUT2D eigenvalue weighted by atomic mass is 10.1. The van der Waals surface area contributed by atoms with E-state index in [2.05, 4.69) is 20.2 Å². The van der Waals surface area contributed by atoms with Crippen molar-refractivity contribution in [2.75, 3.05) is 24.6 Å². The van der Waals surface area contributed by atoms with Gasteiger partial charge in [0.15, 0.2) is 0 Å². The van der Waals surface area contributed by atoms with E-state index in [0.29, 0.717) is 6.42 Å². The van der Waals surface area contributed by atoms with Crippen LogP contribution in [-0.4, -0.2) is 47.7 Å². The molecule has 0 aliphatic carbocycles. The molecule has 1 aromatic heterocycles. The Morgan fingerprint density at radius 3 is 2.95 bits per heavy atom. The summed E-state index contributed by atoms with van der Waals surface area (Å²) in [6.45, 7) is 2.59. The highest BCUT2D eigenvalue weighted by Gasteiger charge is 2.23. The number of nitrogens with one attached hydrogen (secondary N) is 1. The van der Waals surface area contributed by atoms with Gasteiger partial charge in [0.05, 0.1) is 6.10 Å². The molecule has 1 N–H and O–H groups in total. The minimum absolute atomic E-state index is 0.135. The van der Waals surface area contributed by atoms with Crippen LogP contribution in [0.1, 0.15) is 38.5 Å². The molecule has 0 aromatic carbocycles. The van der Waals surface area contributed by atoms with Crippen molar-refractivity contribution in [3.63, 3.8) is 0 Å². The molecule has 0 unspecified atom stereocenters. The lowest BCUT2D eigenvalue weighted by Crippen LogP contribution is -2.48. The second-order valence-electron chi connectivity index (χ2n) is 6.08. The van der Waals surface area contributed by atoms with Crippen LogP contribution in [0.4, 0.5) is 5.95 Å². The van der Waals surface area contributed by atoms with Crippen LogP contribution < -0.4 is 10.2 Å². The van der Waals surface area contributed by atoms with Gasteiger partial charge in [-0.15, -0.1) is 0 Å². The quantitative estimate of drug-likeness (QED) is 0.893. The zero-order valence-electron chi connectivity index (χ0n) is 12.9. The topological polar surface area (TPSA) is 67.3 Å². The third-order valence-corrected chi connectivity index (χ3v) is 4.34. The number of nitrogens with zero attached hydrogens (tertiary/aromatic N) is 3. The Balaban J connectivity index is 1.44. The standard InChI is InChI=1S/C16H24N4O2/c21-15(7-6-14-5-2-11-22-14)19-13-4-1-10-20(12-13)16-17-8-3-9-18-16/h3,8-9,13-14H,1-2,4-7,10-12H2,(H,19,21)/t13-,14+/m0/s1. The first-order chi connectivity index (χ1) is 10.8. The van der Waals surface area contributed by atoms with Crippen molar-refractivity contribution < 1.29 is 9.53 Å². The Morgan fingerprint density at radius 2 is 2.18 bits per heavy atom. The molecule has 1 aromatic rings. The minimum atomic E-state index is 0.135. The summed E-state index contributed by atoms with van der Waals surface area (Å²) in [4.78, 5) is 22.8. The van der Waals surface area contributed by atoms with Gasteiger partial charge in [0.25, 0.3) is 0 Å². The van der Waals surface area contributed by atoms with E-state index in [1.807, 2.05) is 6.07 Å². The van der Waals surface area contributed by atoms with Crippen molar-refractivity contribution in [3.05, 3.63) is 18.5 Å². The smallest absolute Gasteiger partial charge is 0.225 e. The highest BCUT2D eigenvalue weighted by atomic mass is 16.5. The first-order valence-corrected chi connectivity index (χ1v) is 8.24. The van der Waals surface area contributed by atoms with Crippen molar-refractivity contribution in [1.29, 1.82) is 0 Å². The molecule has 0 bridgehead atoms. The number of amides is 1. The van der Waals surface area contributed by atoms with E-state index < -0.39 is 0 Å². The predicted molar refractivity (Wildman–Crippen MR) is 83.6 cm³/mol. The number of ether oxygens (including phenoxy) is 1. The number of aromatic nitrogens is 2. The first kappa shape index (κ1) is 15.2. The average Bonchev–Trinajstić information content (AvgIpc) is 3.08. The molecule has 1 amide bonds. The number of piperidine rings is 1. The Labute approximate surface area is 131 Å². The van der Waals surface area contributed by atoms with Crippen molar-refractivity contribution in [3.8, 4) is 0 Å². The molecule has 2 atom stereocenters. The summed E-state index contributed by atoms with van der Waals surface area (Å²) in [5, 5.41) is 3.15. The van der Waals surface area contributed by atoms with E-state index in [-0.39, 0.29) is 18.1 Å². The lowest BCUT2D eigenvalue weighted by Gasteiger charge is -2.33. The average molecular weight is 304 g/mol. The van der Waals surface area contributed by atoms with Crippen LogP contribution in [0.2, 0.25) is 0 Å². The zero-order chi connectivity index (χ0) is 15.2. The monoisotopic (exact) mass is 304 g/mol. The SMILES string of the molecule is O=C(CC[C@H]1CCCO1)N[C@H]1CCCN(c2ncccn2)C1. The van der Waals surface area contributed by atoms with Gasteiger partial charge in [-0.1, -0.05) is 0 Å². The molecule has 2 aliphatic heterocycles. The van der Waals surface area contributed by atoms with E-state index in [1.165, 1.54) is 0 Å². The van der Waals surface area contributed by atoms with E-state index in [9.17, 15) is 4.79 Å². The molecule has 2 fully saturated rings. The molecule has 2 aliphatic rings. The van der Waals surface area contributed by atoms with Crippen molar-refractivity contribution in [2.24, 2.45) is 0 Å². The molecule has 120 valence electrons. The number of rotatable bonds is 5. The van der Waals surface area contributed by atoms with Gasteiger partial charge < -0.3 is 15.0 Å². The molecule has 6 heteroatoms. The Bertz CT molecular complexity index is 476. The van der Waals surface area contributed by atoms with Crippen LogP contribution >= 0.6 is 0 Å². The van der Waals surface area contributed by atoms with E-state index >= 15 is 0 Å². The number of carbonyl (C=O) groups excluding carboxylic acids is 1. The molecular weight excluding hydrogens is 280 g/mol. The van der Waals surface area contributed by atoms with Gasteiger partial charge in [-0.05, 0) is 38.2 Å². The van der Waals surface area contributed by atoms with Crippen molar-refractivity contribution in [2.45, 2.75) is 50.7 Å². The van der Waals surface area contributed by atoms with Crippen LogP contribution in [0, 0.1) is 0 Å². The molecule has 3 heterocycles. The van der Waals surface area contributed by atoms with Crippen LogP contribution in [0.25, 0.3) is 0 Å². The Hall–Kier alpha value is -1.69. The zero-order valence-corrected chi connectivity index (χ0v) is 12.9. The fourth-order valence-corrected chi connectivity index (χ4v) is 3.20. The summed E-state index contributed by atoms with van der Waals surface area (Å²) in [6, 6.07) is 2.01. The van der Waals surface area contributed by atoms with Crippen LogP contribution in [0.15, 0.2) is 18.5 Å². The summed E-state index contributed by atoms with van der Waals surface area (Å²) in [7, 11) is 0. The maximum absolute atomic E-state index is 12.1. The maximum atomic E-state index is 12.1. The van der Waals surface area contributed by atoms with E-state index in [1.54, 1.807) is 12.4 Å². The van der Waals surface area contributed by atoms with Gasteiger partial charge in [-0.3, -0.25) is 4.79 Å². The third-order valence-electron chi connectivity index (χ3n) is 4.34. The van der Waals surface area contributed by atoms with Crippen LogP contribution in [0.5, 0.6) is 0 Å². The maximum Gasteiger partial charge on any atom is 0.225 e. The molecule has 6 nitrogen and oxygen atoms in total. The number of carbonyl (C=O) groups is 1. The van der Waals surface area contributed by atoms with Gasteiger partial charge >= 0.3 is 0 Å². The first-order valence-electron chi connectivity index (χ1n) is 8.24. The third kappa shape index (κ3) is 4.16. The summed E-state index contributed by atoms with van der Waals surface area (Å²) in [6.07, 6.45) is 9.48. The summed E-state index contributed by atoms with van der Waals surface area (Å²) < 4.78 is 5.56. The van der Waals surface area contributed by atoms with Gasteiger partial charge in [0.1, 0.15) is 0 Å². The lowest BCUT2D eigenvalue weighted by molar-refractivity contribution is -0.122. The molecular formula is C16H24N4O2. The summed E-state index contributed by atoms with van der Waals surface area (Å²) in [5.41, 5.74) is 0. The molecule has 3 rings (SSSR count). The molecule has 22 heavy (non-hydrogen) atoms. The van der Waals surface area contributed by atoms with E-state index in [0.717, 1.165) is 57.7 Å². The Morgan fingerprint density at radius 1 is 1.32 bits per heavy atom.